The van der Waals surface area contributed by atoms with Crippen LogP contribution in [0.15, 0.2) is 18.3 Å². The normalized spacial score (nSPS) is 10.2. The van der Waals surface area contributed by atoms with Gasteiger partial charge >= 0.3 is 0 Å². The van der Waals surface area contributed by atoms with E-state index in [9.17, 15) is 0 Å². The van der Waals surface area contributed by atoms with Crippen LogP contribution in [0.5, 0.6) is 5.75 Å². The van der Waals surface area contributed by atoms with Crippen molar-refractivity contribution in [3.63, 3.8) is 0 Å². The van der Waals surface area contributed by atoms with Crippen LogP contribution in [0, 0.1) is 6.92 Å². The van der Waals surface area contributed by atoms with Crippen LogP contribution in [-0.4, -0.2) is 16.5 Å². The molecule has 0 aliphatic rings. The molecule has 17 heavy (non-hydrogen) atoms. The third-order valence-electron chi connectivity index (χ3n) is 2.30. The Morgan fingerprint density at radius 3 is 2.94 bits per heavy atom. The van der Waals surface area contributed by atoms with Crippen molar-refractivity contribution >= 4 is 22.4 Å². The van der Waals surface area contributed by atoms with Gasteiger partial charge in [-0.25, -0.2) is 0 Å². The maximum absolute atomic E-state index is 5.66. The zero-order valence-corrected chi connectivity index (χ0v) is 10.5. The van der Waals surface area contributed by atoms with E-state index >= 15 is 0 Å². The number of hydrogen-bond donors (Lipinski definition) is 2. The van der Waals surface area contributed by atoms with Crippen LogP contribution in [0.1, 0.15) is 11.3 Å². The number of aromatic nitrogens is 2. The largest absolute Gasteiger partial charge is 0.490 e. The Morgan fingerprint density at radius 2 is 2.29 bits per heavy atom. The molecule has 90 valence electrons. The lowest BCUT2D eigenvalue weighted by molar-refractivity contribution is 0.419. The fourth-order valence-corrected chi connectivity index (χ4v) is 2.07. The van der Waals surface area contributed by atoms with Crippen molar-refractivity contribution in [1.82, 2.24) is 9.36 Å². The highest BCUT2D eigenvalue weighted by atomic mass is 32.1. The standard InChI is InChI=1S/C11H14N4OS/c1-7-3-4-8(5-13-7)6-14-11-9(16-2)10(12)15-17-11/h3-5,14H,6H2,1-2H3,(H2,12,15). The van der Waals surface area contributed by atoms with E-state index in [1.54, 1.807) is 7.11 Å². The molecular formula is C11H14N4OS. The number of hydrogen-bond acceptors (Lipinski definition) is 6. The van der Waals surface area contributed by atoms with Gasteiger partial charge in [-0.2, -0.15) is 4.37 Å². The summed E-state index contributed by atoms with van der Waals surface area (Å²) in [6.07, 6.45) is 1.85. The molecule has 0 aliphatic carbocycles. The number of nitrogen functional groups attached to an aromatic ring is 1. The van der Waals surface area contributed by atoms with Gasteiger partial charge < -0.3 is 15.8 Å². The van der Waals surface area contributed by atoms with Crippen molar-refractivity contribution in [2.75, 3.05) is 18.2 Å². The molecule has 0 unspecified atom stereocenters. The van der Waals surface area contributed by atoms with Crippen molar-refractivity contribution in [2.24, 2.45) is 0 Å². The molecule has 2 heterocycles. The summed E-state index contributed by atoms with van der Waals surface area (Å²) in [4.78, 5) is 4.23. The maximum atomic E-state index is 5.66. The fourth-order valence-electron chi connectivity index (χ4n) is 1.39. The number of anilines is 2. The summed E-state index contributed by atoms with van der Waals surface area (Å²) in [7, 11) is 1.58. The lowest BCUT2D eigenvalue weighted by atomic mass is 10.2. The minimum absolute atomic E-state index is 0.419. The van der Waals surface area contributed by atoms with E-state index in [0.29, 0.717) is 18.1 Å². The van der Waals surface area contributed by atoms with Gasteiger partial charge in [0.1, 0.15) is 0 Å². The molecule has 0 saturated heterocycles. The fraction of sp³-hybridized carbons (Fsp3) is 0.273. The first-order valence-electron chi connectivity index (χ1n) is 5.15. The smallest absolute Gasteiger partial charge is 0.197 e. The molecule has 3 N–H and O–H groups in total. The topological polar surface area (TPSA) is 73.1 Å². The number of nitrogens with two attached hydrogens (primary N) is 1. The van der Waals surface area contributed by atoms with E-state index < -0.39 is 0 Å². The van der Waals surface area contributed by atoms with Gasteiger partial charge in [0.25, 0.3) is 0 Å². The summed E-state index contributed by atoms with van der Waals surface area (Å²) in [5.74, 6) is 1.03. The summed E-state index contributed by atoms with van der Waals surface area (Å²) in [6.45, 7) is 2.63. The third-order valence-corrected chi connectivity index (χ3v) is 3.10. The lowest BCUT2D eigenvalue weighted by Gasteiger charge is -2.06. The average Bonchev–Trinajstić information content (AvgIpc) is 2.69. The van der Waals surface area contributed by atoms with Crippen LogP contribution in [0.3, 0.4) is 0 Å². The average molecular weight is 250 g/mol. The van der Waals surface area contributed by atoms with Crippen LogP contribution in [0.25, 0.3) is 0 Å². The molecule has 2 rings (SSSR count). The van der Waals surface area contributed by atoms with Crippen LogP contribution < -0.4 is 15.8 Å². The van der Waals surface area contributed by atoms with Crippen molar-refractivity contribution in [3.8, 4) is 5.75 Å². The summed E-state index contributed by atoms with van der Waals surface area (Å²) in [5.41, 5.74) is 7.77. The minimum atomic E-state index is 0.419. The Labute approximate surface area is 104 Å². The van der Waals surface area contributed by atoms with E-state index in [1.165, 1.54) is 11.5 Å². The van der Waals surface area contributed by atoms with Gasteiger partial charge in [-0.3, -0.25) is 4.98 Å². The van der Waals surface area contributed by atoms with E-state index in [-0.39, 0.29) is 0 Å². The first kappa shape index (κ1) is 11.7. The highest BCUT2D eigenvalue weighted by Gasteiger charge is 2.11. The van der Waals surface area contributed by atoms with Crippen molar-refractivity contribution in [3.05, 3.63) is 29.6 Å². The SMILES string of the molecule is COc1c(N)nsc1NCc1ccc(C)nc1. The number of methoxy groups -OCH3 is 1. The summed E-state index contributed by atoms with van der Waals surface area (Å²) < 4.78 is 9.20. The quantitative estimate of drug-likeness (QED) is 0.868. The molecule has 0 aromatic carbocycles. The van der Waals surface area contributed by atoms with Crippen molar-refractivity contribution in [1.29, 1.82) is 0 Å². The number of ether oxygens (including phenoxy) is 1. The number of aryl methyl sites for hydroxylation is 1. The predicted octanol–water partition coefficient (Wildman–Crippen LogP) is 2.05. The van der Waals surface area contributed by atoms with Gasteiger partial charge in [-0.05, 0) is 30.1 Å². The molecule has 0 spiro atoms. The monoisotopic (exact) mass is 250 g/mol. The van der Waals surface area contributed by atoms with E-state index in [4.69, 9.17) is 10.5 Å². The number of nitrogens with one attached hydrogen (secondary N) is 1. The van der Waals surface area contributed by atoms with Crippen LogP contribution in [0.4, 0.5) is 10.8 Å². The van der Waals surface area contributed by atoms with Crippen LogP contribution >= 0.6 is 11.5 Å². The predicted molar refractivity (Wildman–Crippen MR) is 69.4 cm³/mol. The second-order valence-electron chi connectivity index (χ2n) is 3.59. The summed E-state index contributed by atoms with van der Waals surface area (Å²) in [5, 5.41) is 4.07. The number of nitrogens with zero attached hydrogens (tertiary/aromatic N) is 2. The highest BCUT2D eigenvalue weighted by Crippen LogP contribution is 2.34. The van der Waals surface area contributed by atoms with Gasteiger partial charge in [0, 0.05) is 18.4 Å². The van der Waals surface area contributed by atoms with Crippen LogP contribution in [0.2, 0.25) is 0 Å². The van der Waals surface area contributed by atoms with Gasteiger partial charge in [0.15, 0.2) is 16.6 Å². The van der Waals surface area contributed by atoms with E-state index in [0.717, 1.165) is 16.3 Å². The maximum Gasteiger partial charge on any atom is 0.197 e. The van der Waals surface area contributed by atoms with Gasteiger partial charge in [-0.1, -0.05) is 6.07 Å². The second kappa shape index (κ2) is 5.01. The number of pyridine rings is 1. The van der Waals surface area contributed by atoms with Gasteiger partial charge in [0.2, 0.25) is 0 Å². The molecule has 0 aliphatic heterocycles. The molecule has 0 fully saturated rings. The molecule has 2 aromatic heterocycles. The summed E-state index contributed by atoms with van der Waals surface area (Å²) >= 11 is 1.29. The zero-order valence-electron chi connectivity index (χ0n) is 9.73. The van der Waals surface area contributed by atoms with Crippen LogP contribution in [-0.2, 0) is 6.54 Å². The first-order chi connectivity index (χ1) is 8.20. The number of rotatable bonds is 4. The lowest BCUT2D eigenvalue weighted by Crippen LogP contribution is -2.00. The van der Waals surface area contributed by atoms with Gasteiger partial charge in [0.05, 0.1) is 7.11 Å². The van der Waals surface area contributed by atoms with Crippen molar-refractivity contribution < 1.29 is 4.74 Å². The zero-order chi connectivity index (χ0) is 12.3. The Balaban J connectivity index is 2.04. The molecule has 0 amide bonds. The Kier molecular flexibility index (Phi) is 3.43. The minimum Gasteiger partial charge on any atom is -0.490 e. The third kappa shape index (κ3) is 2.65. The summed E-state index contributed by atoms with van der Waals surface area (Å²) in [6, 6.07) is 4.02. The molecule has 0 radical (unpaired) electrons. The Bertz CT molecular complexity index is 495. The highest BCUT2D eigenvalue weighted by molar-refractivity contribution is 7.11. The molecule has 0 bridgehead atoms. The van der Waals surface area contributed by atoms with E-state index in [1.807, 2.05) is 25.3 Å². The Morgan fingerprint density at radius 1 is 1.47 bits per heavy atom. The molecule has 5 nitrogen and oxygen atoms in total. The molecular weight excluding hydrogens is 236 g/mol. The van der Waals surface area contributed by atoms with Gasteiger partial charge in [-0.15, -0.1) is 0 Å². The molecule has 0 atom stereocenters. The Hall–Kier alpha value is -1.82. The first-order valence-corrected chi connectivity index (χ1v) is 5.92. The molecule has 0 saturated carbocycles. The van der Waals surface area contributed by atoms with E-state index in [2.05, 4.69) is 14.7 Å². The second-order valence-corrected chi connectivity index (χ2v) is 4.36. The molecule has 2 aromatic rings. The van der Waals surface area contributed by atoms with Crippen molar-refractivity contribution in [2.45, 2.75) is 13.5 Å². The molecule has 6 heteroatoms.